The molecule has 1 N–H and O–H groups in total. The number of para-hydroxylation sites is 1. The molecule has 2 aromatic carbocycles. The van der Waals surface area contributed by atoms with Gasteiger partial charge in [-0.25, -0.2) is 17.8 Å². The summed E-state index contributed by atoms with van der Waals surface area (Å²) in [6, 6.07) is 17.9. The van der Waals surface area contributed by atoms with Crippen LogP contribution in [0, 0.1) is 13.8 Å². The quantitative estimate of drug-likeness (QED) is 0.664. The van der Waals surface area contributed by atoms with Crippen molar-refractivity contribution in [1.29, 1.82) is 0 Å². The van der Waals surface area contributed by atoms with E-state index >= 15 is 0 Å². The number of benzene rings is 2. The van der Waals surface area contributed by atoms with E-state index in [1.807, 2.05) is 44.2 Å². The fourth-order valence-electron chi connectivity index (χ4n) is 4.02. The zero-order chi connectivity index (χ0) is 22.0. The van der Waals surface area contributed by atoms with E-state index in [2.05, 4.69) is 9.82 Å². The summed E-state index contributed by atoms with van der Waals surface area (Å²) in [6.45, 7) is 4.74. The highest BCUT2D eigenvalue weighted by molar-refractivity contribution is 7.89. The van der Waals surface area contributed by atoms with E-state index in [1.165, 1.54) is 0 Å². The zero-order valence-electron chi connectivity index (χ0n) is 17.7. The Morgan fingerprint density at radius 2 is 1.55 bits per heavy atom. The number of nitrogens with one attached hydrogen (secondary N) is 1. The number of nitrogens with zero attached hydrogens (tertiary/aromatic N) is 3. The highest BCUT2D eigenvalue weighted by Gasteiger charge is 2.30. The molecule has 1 fully saturated rings. The number of hydrogen-bond donors (Lipinski definition) is 1. The molecule has 0 aliphatic carbocycles. The van der Waals surface area contributed by atoms with Crippen molar-refractivity contribution >= 4 is 15.9 Å². The molecule has 0 spiro atoms. The molecule has 1 aromatic heterocycles. The lowest BCUT2D eigenvalue weighted by Crippen LogP contribution is -2.46. The summed E-state index contributed by atoms with van der Waals surface area (Å²) in [7, 11) is -3.56. The van der Waals surface area contributed by atoms with Gasteiger partial charge < -0.3 is 4.90 Å². The Morgan fingerprint density at radius 1 is 0.968 bits per heavy atom. The molecule has 1 saturated heterocycles. The number of aryl methyl sites for hydroxylation is 1. The second kappa shape index (κ2) is 8.64. The third-order valence-electron chi connectivity index (χ3n) is 5.66. The highest BCUT2D eigenvalue weighted by atomic mass is 32.2. The number of aromatic nitrogens is 2. The van der Waals surface area contributed by atoms with Gasteiger partial charge in [0.1, 0.15) is 0 Å². The first-order valence-electron chi connectivity index (χ1n) is 10.3. The Kier molecular flexibility index (Phi) is 5.93. The standard InChI is InChI=1S/C23H26N4O3S/c1-17-22(18(2)27(24-17)20-9-5-3-6-10-20)23(28)26-15-13-19(14-16-26)25-31(29,30)21-11-7-4-8-12-21/h3-12,19,25H,13-16H2,1-2H3. The maximum absolute atomic E-state index is 13.2. The molecule has 0 unspecified atom stereocenters. The molecule has 31 heavy (non-hydrogen) atoms. The molecule has 1 aliphatic heterocycles. The molecular weight excluding hydrogens is 412 g/mol. The third-order valence-corrected chi connectivity index (χ3v) is 7.20. The minimum absolute atomic E-state index is 0.0541. The smallest absolute Gasteiger partial charge is 0.257 e. The molecule has 0 radical (unpaired) electrons. The SMILES string of the molecule is Cc1nn(-c2ccccc2)c(C)c1C(=O)N1CCC(NS(=O)(=O)c2ccccc2)CC1. The summed E-state index contributed by atoms with van der Waals surface area (Å²) >= 11 is 0. The van der Waals surface area contributed by atoms with Crippen LogP contribution in [-0.2, 0) is 10.0 Å². The van der Waals surface area contributed by atoms with Crippen LogP contribution in [0.2, 0.25) is 0 Å². The van der Waals surface area contributed by atoms with Gasteiger partial charge in [0.2, 0.25) is 10.0 Å². The number of sulfonamides is 1. The van der Waals surface area contributed by atoms with Crippen molar-refractivity contribution in [3.05, 3.63) is 77.6 Å². The molecule has 8 heteroatoms. The van der Waals surface area contributed by atoms with E-state index in [4.69, 9.17) is 0 Å². The van der Waals surface area contributed by atoms with E-state index in [1.54, 1.807) is 39.9 Å². The lowest BCUT2D eigenvalue weighted by molar-refractivity contribution is 0.0710. The van der Waals surface area contributed by atoms with E-state index in [9.17, 15) is 13.2 Å². The molecule has 2 heterocycles. The van der Waals surface area contributed by atoms with Crippen molar-refractivity contribution in [3.63, 3.8) is 0 Å². The Morgan fingerprint density at radius 3 is 2.16 bits per heavy atom. The molecule has 0 atom stereocenters. The van der Waals surface area contributed by atoms with Gasteiger partial charge in [0.05, 0.1) is 27.5 Å². The predicted octanol–water partition coefficient (Wildman–Crippen LogP) is 3.07. The number of likely N-dealkylation sites (tertiary alicyclic amines) is 1. The van der Waals surface area contributed by atoms with Gasteiger partial charge in [-0.15, -0.1) is 0 Å². The van der Waals surface area contributed by atoms with Crippen LogP contribution in [0.25, 0.3) is 5.69 Å². The normalized spacial score (nSPS) is 15.2. The van der Waals surface area contributed by atoms with Gasteiger partial charge >= 0.3 is 0 Å². The van der Waals surface area contributed by atoms with Gasteiger partial charge in [-0.2, -0.15) is 5.10 Å². The molecule has 7 nitrogen and oxygen atoms in total. The molecular formula is C23H26N4O3S. The Bertz CT molecular complexity index is 1170. The second-order valence-electron chi connectivity index (χ2n) is 7.79. The van der Waals surface area contributed by atoms with Crippen LogP contribution in [0.4, 0.5) is 0 Å². The van der Waals surface area contributed by atoms with Crippen LogP contribution in [0.15, 0.2) is 65.6 Å². The molecule has 3 aromatic rings. The topological polar surface area (TPSA) is 84.3 Å². The Hall–Kier alpha value is -2.97. The predicted molar refractivity (Wildman–Crippen MR) is 119 cm³/mol. The summed E-state index contributed by atoms with van der Waals surface area (Å²) < 4.78 is 29.7. The summed E-state index contributed by atoms with van der Waals surface area (Å²) in [4.78, 5) is 15.3. The average Bonchev–Trinajstić information content (AvgIpc) is 3.08. The molecule has 4 rings (SSSR count). The monoisotopic (exact) mass is 438 g/mol. The van der Waals surface area contributed by atoms with Crippen LogP contribution in [0.3, 0.4) is 0 Å². The lowest BCUT2D eigenvalue weighted by atomic mass is 10.0. The molecule has 162 valence electrons. The van der Waals surface area contributed by atoms with E-state index in [0.29, 0.717) is 37.2 Å². The summed E-state index contributed by atoms with van der Waals surface area (Å²) in [6.07, 6.45) is 1.14. The van der Waals surface area contributed by atoms with E-state index in [0.717, 1.165) is 11.4 Å². The fourth-order valence-corrected chi connectivity index (χ4v) is 5.34. The second-order valence-corrected chi connectivity index (χ2v) is 9.51. The number of rotatable bonds is 5. The molecule has 1 amide bonds. The Labute approximate surface area is 182 Å². The summed E-state index contributed by atoms with van der Waals surface area (Å²) in [5.41, 5.74) is 3.03. The van der Waals surface area contributed by atoms with Crippen LogP contribution >= 0.6 is 0 Å². The number of hydrogen-bond acceptors (Lipinski definition) is 4. The van der Waals surface area contributed by atoms with Crippen LogP contribution in [0.1, 0.15) is 34.6 Å². The number of carbonyl (C=O) groups excluding carboxylic acids is 1. The highest BCUT2D eigenvalue weighted by Crippen LogP contribution is 2.22. The number of piperidine rings is 1. The zero-order valence-corrected chi connectivity index (χ0v) is 18.5. The lowest BCUT2D eigenvalue weighted by Gasteiger charge is -2.32. The van der Waals surface area contributed by atoms with Crippen molar-refractivity contribution in [2.75, 3.05) is 13.1 Å². The maximum Gasteiger partial charge on any atom is 0.257 e. The van der Waals surface area contributed by atoms with Crippen LogP contribution < -0.4 is 4.72 Å². The first kappa shape index (κ1) is 21.3. The largest absolute Gasteiger partial charge is 0.338 e. The van der Waals surface area contributed by atoms with Crippen molar-refractivity contribution < 1.29 is 13.2 Å². The maximum atomic E-state index is 13.2. The first-order valence-corrected chi connectivity index (χ1v) is 11.8. The van der Waals surface area contributed by atoms with Gasteiger partial charge in [-0.3, -0.25) is 4.79 Å². The fraction of sp³-hybridized carbons (Fsp3) is 0.304. The number of carbonyl (C=O) groups is 1. The van der Waals surface area contributed by atoms with Crippen molar-refractivity contribution in [1.82, 2.24) is 19.4 Å². The van der Waals surface area contributed by atoms with Gasteiger partial charge in [-0.05, 0) is 51.0 Å². The minimum atomic E-state index is -3.56. The summed E-state index contributed by atoms with van der Waals surface area (Å²) in [5, 5.41) is 4.57. The van der Waals surface area contributed by atoms with E-state index < -0.39 is 10.0 Å². The average molecular weight is 439 g/mol. The van der Waals surface area contributed by atoms with E-state index in [-0.39, 0.29) is 16.8 Å². The van der Waals surface area contributed by atoms with Crippen molar-refractivity contribution in [3.8, 4) is 5.69 Å². The molecule has 0 bridgehead atoms. The first-order chi connectivity index (χ1) is 14.9. The van der Waals surface area contributed by atoms with Crippen LogP contribution in [-0.4, -0.2) is 48.1 Å². The third kappa shape index (κ3) is 4.40. The van der Waals surface area contributed by atoms with Gasteiger partial charge in [-0.1, -0.05) is 36.4 Å². The van der Waals surface area contributed by atoms with Gasteiger partial charge in [0.25, 0.3) is 5.91 Å². The Balaban J connectivity index is 1.44. The van der Waals surface area contributed by atoms with Crippen molar-refractivity contribution in [2.45, 2.75) is 37.6 Å². The number of amides is 1. The summed E-state index contributed by atoms with van der Waals surface area (Å²) in [5.74, 6) is -0.0541. The van der Waals surface area contributed by atoms with Gasteiger partial charge in [0, 0.05) is 19.1 Å². The van der Waals surface area contributed by atoms with Gasteiger partial charge in [0.15, 0.2) is 0 Å². The molecule has 0 saturated carbocycles. The molecule has 1 aliphatic rings. The van der Waals surface area contributed by atoms with Crippen LogP contribution in [0.5, 0.6) is 0 Å². The van der Waals surface area contributed by atoms with Crippen molar-refractivity contribution in [2.24, 2.45) is 0 Å². The minimum Gasteiger partial charge on any atom is -0.338 e.